The largest absolute Gasteiger partial charge is 0.0888 e. The zero-order chi connectivity index (χ0) is 15.1. The number of fused-ring (bicyclic) bond motifs is 2. The molecule has 2 aromatic carbocycles. The summed E-state index contributed by atoms with van der Waals surface area (Å²) >= 11 is 10.3. The molecule has 0 aromatic heterocycles. The Hall–Kier alpha value is -1.31. The van der Waals surface area contributed by atoms with Crippen LogP contribution in [0.4, 0.5) is 0 Å². The zero-order valence-corrected chi connectivity index (χ0v) is 14.4. The monoisotopic (exact) mass is 370 g/mol. The van der Waals surface area contributed by atoms with Crippen LogP contribution in [0.15, 0.2) is 71.8 Å². The number of allylic oxidation sites excluding steroid dienone is 6. The highest BCUT2D eigenvalue weighted by Gasteiger charge is 2.33. The van der Waals surface area contributed by atoms with E-state index < -0.39 is 0 Å². The summed E-state index contributed by atoms with van der Waals surface area (Å²) < 4.78 is 0. The Morgan fingerprint density at radius 3 is 2.77 bits per heavy atom. The van der Waals surface area contributed by atoms with Crippen molar-refractivity contribution in [2.45, 2.75) is 11.2 Å². The number of rotatable bonds is 1. The second-order valence-electron chi connectivity index (χ2n) is 5.99. The van der Waals surface area contributed by atoms with Crippen LogP contribution in [-0.4, -0.2) is 4.83 Å². The van der Waals surface area contributed by atoms with Crippen molar-refractivity contribution >= 4 is 43.9 Å². The van der Waals surface area contributed by atoms with Crippen molar-refractivity contribution in [1.82, 2.24) is 0 Å². The van der Waals surface area contributed by atoms with Gasteiger partial charge in [-0.25, -0.2) is 0 Å². The van der Waals surface area contributed by atoms with Gasteiger partial charge in [-0.3, -0.25) is 0 Å². The molecule has 2 aromatic rings. The van der Waals surface area contributed by atoms with Gasteiger partial charge in [0.05, 0.1) is 0 Å². The van der Waals surface area contributed by atoms with E-state index in [0.29, 0.717) is 16.7 Å². The summed E-state index contributed by atoms with van der Waals surface area (Å²) in [4.78, 5) is 0.332. The van der Waals surface area contributed by atoms with Crippen LogP contribution in [0.1, 0.15) is 12.0 Å². The third-order valence-corrected chi connectivity index (χ3v) is 5.99. The fraction of sp³-hybridized carbons (Fsp3) is 0.200. The van der Waals surface area contributed by atoms with E-state index in [9.17, 15) is 0 Å². The van der Waals surface area contributed by atoms with Crippen LogP contribution in [0, 0.1) is 11.8 Å². The predicted molar refractivity (Wildman–Crippen MR) is 99.3 cm³/mol. The summed E-state index contributed by atoms with van der Waals surface area (Å²) in [6.07, 6.45) is 9.75. The van der Waals surface area contributed by atoms with Crippen LogP contribution >= 0.6 is 27.5 Å². The van der Waals surface area contributed by atoms with E-state index in [1.54, 1.807) is 0 Å². The fourth-order valence-corrected chi connectivity index (χ4v) is 4.75. The summed E-state index contributed by atoms with van der Waals surface area (Å²) in [6, 6.07) is 15.1. The molecule has 0 radical (unpaired) electrons. The Morgan fingerprint density at radius 1 is 1.05 bits per heavy atom. The van der Waals surface area contributed by atoms with Crippen molar-refractivity contribution in [1.29, 1.82) is 0 Å². The molecule has 3 unspecified atom stereocenters. The second-order valence-corrected chi connectivity index (χ2v) is 7.48. The van der Waals surface area contributed by atoms with Gasteiger partial charge in [0.1, 0.15) is 0 Å². The van der Waals surface area contributed by atoms with Crippen molar-refractivity contribution < 1.29 is 0 Å². The number of hydrogen-bond acceptors (Lipinski definition) is 0. The number of halogens is 2. The lowest BCUT2D eigenvalue weighted by Gasteiger charge is -2.35. The molecule has 0 fully saturated rings. The second kappa shape index (κ2) is 5.72. The molecule has 0 N–H and O–H groups in total. The highest BCUT2D eigenvalue weighted by Crippen LogP contribution is 2.45. The Labute approximate surface area is 144 Å². The first-order valence-corrected chi connectivity index (χ1v) is 8.90. The standard InChI is InChI=1S/C20H16BrCl/c21-19-12-14(11-18-17(19)9-4-10-20(18)22)16-8-3-6-13-5-1-2-7-15(13)16/h1-10,12,17-19H,11H2. The maximum absolute atomic E-state index is 6.49. The molecular weight excluding hydrogens is 356 g/mol. The average molecular weight is 372 g/mol. The van der Waals surface area contributed by atoms with E-state index in [0.717, 1.165) is 11.5 Å². The highest BCUT2D eigenvalue weighted by atomic mass is 79.9. The van der Waals surface area contributed by atoms with Crippen molar-refractivity contribution in [2.24, 2.45) is 11.8 Å². The summed E-state index contributed by atoms with van der Waals surface area (Å²) in [7, 11) is 0. The van der Waals surface area contributed by atoms with E-state index in [1.807, 2.05) is 6.08 Å². The Morgan fingerprint density at radius 2 is 1.86 bits per heavy atom. The minimum Gasteiger partial charge on any atom is -0.0888 e. The molecule has 0 spiro atoms. The minimum atomic E-state index is 0.332. The molecule has 0 amide bonds. The molecule has 0 bridgehead atoms. The number of alkyl halides is 1. The number of hydrogen-bond donors (Lipinski definition) is 0. The van der Waals surface area contributed by atoms with Crippen LogP contribution in [0.2, 0.25) is 0 Å². The quantitative estimate of drug-likeness (QED) is 0.515. The molecule has 2 heteroatoms. The molecule has 0 saturated carbocycles. The average Bonchev–Trinajstić information content (AvgIpc) is 2.55. The van der Waals surface area contributed by atoms with E-state index in [-0.39, 0.29) is 0 Å². The highest BCUT2D eigenvalue weighted by molar-refractivity contribution is 9.09. The van der Waals surface area contributed by atoms with Crippen molar-refractivity contribution in [2.75, 3.05) is 0 Å². The summed E-state index contributed by atoms with van der Waals surface area (Å²) in [5.41, 5.74) is 2.72. The van der Waals surface area contributed by atoms with Gasteiger partial charge >= 0.3 is 0 Å². The third kappa shape index (κ3) is 2.37. The zero-order valence-electron chi connectivity index (χ0n) is 12.0. The molecule has 2 aliphatic rings. The summed E-state index contributed by atoms with van der Waals surface area (Å²) in [5.74, 6) is 0.839. The molecule has 22 heavy (non-hydrogen) atoms. The molecule has 3 atom stereocenters. The van der Waals surface area contributed by atoms with Gasteiger partial charge in [0.25, 0.3) is 0 Å². The van der Waals surface area contributed by atoms with Crippen molar-refractivity contribution in [3.8, 4) is 0 Å². The lowest BCUT2D eigenvalue weighted by atomic mass is 9.75. The summed E-state index contributed by atoms with van der Waals surface area (Å²) in [5, 5.41) is 3.59. The van der Waals surface area contributed by atoms with E-state index in [1.165, 1.54) is 21.9 Å². The maximum Gasteiger partial charge on any atom is 0.0400 e. The lowest BCUT2D eigenvalue weighted by Crippen LogP contribution is -2.27. The van der Waals surface area contributed by atoms with Gasteiger partial charge < -0.3 is 0 Å². The molecule has 0 heterocycles. The Bertz CT molecular complexity index is 810. The summed E-state index contributed by atoms with van der Waals surface area (Å²) in [6.45, 7) is 0. The molecule has 2 aliphatic carbocycles. The fourth-order valence-electron chi connectivity index (χ4n) is 3.59. The first kappa shape index (κ1) is 14.3. The first-order valence-electron chi connectivity index (χ1n) is 7.61. The van der Waals surface area contributed by atoms with Crippen molar-refractivity contribution in [3.63, 3.8) is 0 Å². The van der Waals surface area contributed by atoms with Crippen LogP contribution in [0.3, 0.4) is 0 Å². The predicted octanol–water partition coefficient (Wildman–Crippen LogP) is 6.32. The number of benzene rings is 2. The van der Waals surface area contributed by atoms with Crippen molar-refractivity contribution in [3.05, 3.63) is 77.4 Å². The first-order chi connectivity index (χ1) is 10.7. The minimum absolute atomic E-state index is 0.332. The Balaban J connectivity index is 1.82. The lowest BCUT2D eigenvalue weighted by molar-refractivity contribution is 0.472. The van der Waals surface area contributed by atoms with Gasteiger partial charge in [-0.15, -0.1) is 0 Å². The molecule has 4 rings (SSSR count). The molecule has 0 saturated heterocycles. The normalized spacial score (nSPS) is 27.3. The van der Waals surface area contributed by atoms with Gasteiger partial charge in [0.2, 0.25) is 0 Å². The van der Waals surface area contributed by atoms with Gasteiger partial charge in [-0.05, 0) is 34.4 Å². The van der Waals surface area contributed by atoms with Crippen LogP contribution in [0.25, 0.3) is 16.3 Å². The molecule has 0 aliphatic heterocycles. The van der Waals surface area contributed by atoms with Crippen LogP contribution in [-0.2, 0) is 0 Å². The van der Waals surface area contributed by atoms with E-state index in [2.05, 4.69) is 76.6 Å². The molecule has 0 nitrogen and oxygen atoms in total. The topological polar surface area (TPSA) is 0 Å². The van der Waals surface area contributed by atoms with Gasteiger partial charge in [-0.1, -0.05) is 88.2 Å². The third-order valence-electron chi connectivity index (χ3n) is 4.71. The van der Waals surface area contributed by atoms with Gasteiger partial charge in [0.15, 0.2) is 0 Å². The SMILES string of the molecule is ClC1=CC=CC2C(Br)C=C(c3cccc4ccccc34)CC12. The Kier molecular flexibility index (Phi) is 3.71. The van der Waals surface area contributed by atoms with E-state index in [4.69, 9.17) is 11.6 Å². The maximum atomic E-state index is 6.49. The molecule has 110 valence electrons. The molecular formula is C20H16BrCl. The van der Waals surface area contributed by atoms with Crippen LogP contribution in [0.5, 0.6) is 0 Å². The van der Waals surface area contributed by atoms with Crippen LogP contribution < -0.4 is 0 Å². The van der Waals surface area contributed by atoms with E-state index >= 15 is 0 Å². The van der Waals surface area contributed by atoms with Gasteiger partial charge in [-0.2, -0.15) is 0 Å². The smallest absolute Gasteiger partial charge is 0.0400 e. The van der Waals surface area contributed by atoms with Gasteiger partial charge in [0, 0.05) is 21.7 Å².